The number of hydrogen-bond acceptors (Lipinski definition) is 3. The summed E-state index contributed by atoms with van der Waals surface area (Å²) in [6.07, 6.45) is 3.71. The first kappa shape index (κ1) is 22.1. The molecule has 0 atom stereocenters. The number of nitrogens with zero attached hydrogens (tertiary/aromatic N) is 2. The quantitative estimate of drug-likeness (QED) is 0.531. The molecule has 2 rings (SSSR count). The molecule has 1 fully saturated rings. The highest BCUT2D eigenvalue weighted by Crippen LogP contribution is 2.21. The van der Waals surface area contributed by atoms with Crippen LogP contribution in [-0.4, -0.2) is 50.6 Å². The molecule has 0 unspecified atom stereocenters. The van der Waals surface area contributed by atoms with Gasteiger partial charge in [-0.05, 0) is 37.2 Å². The van der Waals surface area contributed by atoms with E-state index in [1.807, 2.05) is 25.2 Å². The molecular formula is C22H36N4O2. The zero-order valence-corrected chi connectivity index (χ0v) is 17.8. The van der Waals surface area contributed by atoms with E-state index in [9.17, 15) is 4.79 Å². The predicted molar refractivity (Wildman–Crippen MR) is 115 cm³/mol. The normalized spacial score (nSPS) is 15.6. The van der Waals surface area contributed by atoms with Crippen LogP contribution < -0.4 is 15.4 Å². The minimum absolute atomic E-state index is 0.134. The smallest absolute Gasteiger partial charge is 0.220 e. The second kappa shape index (κ2) is 11.6. The van der Waals surface area contributed by atoms with Crippen LogP contribution in [0.2, 0.25) is 0 Å². The van der Waals surface area contributed by atoms with E-state index >= 15 is 0 Å². The summed E-state index contributed by atoms with van der Waals surface area (Å²) < 4.78 is 5.99. The second-order valence-corrected chi connectivity index (χ2v) is 7.85. The molecule has 156 valence electrons. The number of benzene rings is 1. The number of nitrogens with one attached hydrogen (secondary N) is 2. The molecule has 1 amide bonds. The van der Waals surface area contributed by atoms with Crippen LogP contribution in [-0.2, 0) is 11.3 Å². The maximum atomic E-state index is 11.6. The number of ether oxygens (including phenoxy) is 1. The largest absolute Gasteiger partial charge is 0.493 e. The lowest BCUT2D eigenvalue weighted by molar-refractivity contribution is -0.121. The summed E-state index contributed by atoms with van der Waals surface area (Å²) in [5.41, 5.74) is 1.14. The number of guanidine groups is 1. The fourth-order valence-corrected chi connectivity index (χ4v) is 3.41. The van der Waals surface area contributed by atoms with Crippen molar-refractivity contribution in [3.63, 3.8) is 0 Å². The van der Waals surface area contributed by atoms with Crippen molar-refractivity contribution in [3.05, 3.63) is 29.8 Å². The minimum Gasteiger partial charge on any atom is -0.493 e. The van der Waals surface area contributed by atoms with Gasteiger partial charge >= 0.3 is 0 Å². The Morgan fingerprint density at radius 2 is 2.00 bits per heavy atom. The molecule has 0 aliphatic carbocycles. The Labute approximate surface area is 169 Å². The summed E-state index contributed by atoms with van der Waals surface area (Å²) in [5, 5.41) is 6.20. The van der Waals surface area contributed by atoms with Crippen molar-refractivity contribution in [1.29, 1.82) is 0 Å². The lowest BCUT2D eigenvalue weighted by atomic mass is 9.93. The molecule has 28 heavy (non-hydrogen) atoms. The van der Waals surface area contributed by atoms with E-state index in [1.165, 1.54) is 0 Å². The number of carbonyl (C=O) groups excluding carboxylic acids is 1. The lowest BCUT2D eigenvalue weighted by Gasteiger charge is -2.34. The van der Waals surface area contributed by atoms with Crippen molar-refractivity contribution in [2.24, 2.45) is 16.8 Å². The number of piperidine rings is 1. The van der Waals surface area contributed by atoms with Crippen molar-refractivity contribution in [3.8, 4) is 5.75 Å². The van der Waals surface area contributed by atoms with Gasteiger partial charge in [-0.1, -0.05) is 32.0 Å². The Bertz CT molecular complexity index is 637. The Balaban J connectivity index is 1.85. The van der Waals surface area contributed by atoms with E-state index in [-0.39, 0.29) is 5.91 Å². The molecule has 0 saturated carbocycles. The summed E-state index contributed by atoms with van der Waals surface area (Å²) in [6, 6.07) is 8.19. The molecule has 1 aliphatic heterocycles. The molecule has 1 saturated heterocycles. The number of para-hydroxylation sites is 1. The van der Waals surface area contributed by atoms with E-state index in [0.29, 0.717) is 24.8 Å². The Morgan fingerprint density at radius 1 is 1.29 bits per heavy atom. The van der Waals surface area contributed by atoms with E-state index in [2.05, 4.69) is 40.4 Å². The van der Waals surface area contributed by atoms with E-state index < -0.39 is 0 Å². The van der Waals surface area contributed by atoms with Crippen LogP contribution in [0.4, 0.5) is 0 Å². The van der Waals surface area contributed by atoms with Crippen LogP contribution in [0.5, 0.6) is 5.75 Å². The van der Waals surface area contributed by atoms with Crippen LogP contribution in [0.1, 0.15) is 45.1 Å². The molecule has 0 spiro atoms. The predicted octanol–water partition coefficient (Wildman–Crippen LogP) is 3.04. The summed E-state index contributed by atoms with van der Waals surface area (Å²) in [6.45, 7) is 7.68. The van der Waals surface area contributed by atoms with Crippen molar-refractivity contribution >= 4 is 11.9 Å². The minimum atomic E-state index is 0.134. The molecule has 0 bridgehead atoms. The monoisotopic (exact) mass is 388 g/mol. The molecule has 1 aromatic carbocycles. The van der Waals surface area contributed by atoms with Crippen molar-refractivity contribution < 1.29 is 9.53 Å². The number of hydrogen-bond donors (Lipinski definition) is 2. The van der Waals surface area contributed by atoms with Crippen LogP contribution in [0.15, 0.2) is 29.3 Å². The Kier molecular flexibility index (Phi) is 9.11. The molecule has 0 aromatic heterocycles. The highest BCUT2D eigenvalue weighted by Gasteiger charge is 2.23. The maximum Gasteiger partial charge on any atom is 0.220 e. The molecule has 6 nitrogen and oxygen atoms in total. The SMILES string of the molecule is CN=C(NCc1ccccc1OCCC(C)C)N1CCC(CC(=O)NC)CC1. The average Bonchev–Trinajstić information content (AvgIpc) is 2.70. The topological polar surface area (TPSA) is 66.0 Å². The third-order valence-electron chi connectivity index (χ3n) is 5.24. The van der Waals surface area contributed by atoms with Gasteiger partial charge in [0.1, 0.15) is 5.75 Å². The lowest BCUT2D eigenvalue weighted by Crippen LogP contribution is -2.45. The number of likely N-dealkylation sites (tertiary alicyclic amines) is 1. The number of amides is 1. The fourth-order valence-electron chi connectivity index (χ4n) is 3.41. The first-order valence-electron chi connectivity index (χ1n) is 10.4. The van der Waals surface area contributed by atoms with E-state index in [1.54, 1.807) is 7.05 Å². The zero-order chi connectivity index (χ0) is 20.4. The van der Waals surface area contributed by atoms with Gasteiger partial charge in [-0.25, -0.2) is 0 Å². The highest BCUT2D eigenvalue weighted by molar-refractivity contribution is 5.80. The summed E-state index contributed by atoms with van der Waals surface area (Å²) >= 11 is 0. The van der Waals surface area contributed by atoms with Gasteiger partial charge in [0.15, 0.2) is 5.96 Å². The van der Waals surface area contributed by atoms with Crippen LogP contribution in [0, 0.1) is 11.8 Å². The van der Waals surface area contributed by atoms with Gasteiger partial charge in [0.25, 0.3) is 0 Å². The first-order chi connectivity index (χ1) is 13.5. The second-order valence-electron chi connectivity index (χ2n) is 7.85. The molecule has 1 heterocycles. The summed E-state index contributed by atoms with van der Waals surface area (Å²) in [7, 11) is 3.53. The van der Waals surface area contributed by atoms with Crippen molar-refractivity contribution in [2.45, 2.75) is 46.1 Å². The number of carbonyl (C=O) groups is 1. The van der Waals surface area contributed by atoms with Gasteiger partial charge in [-0.15, -0.1) is 0 Å². The van der Waals surface area contributed by atoms with Crippen molar-refractivity contribution in [1.82, 2.24) is 15.5 Å². The first-order valence-corrected chi connectivity index (χ1v) is 10.4. The molecule has 2 N–H and O–H groups in total. The van der Waals surface area contributed by atoms with Crippen molar-refractivity contribution in [2.75, 3.05) is 33.8 Å². The van der Waals surface area contributed by atoms with Gasteiger partial charge in [0.05, 0.1) is 6.61 Å². The number of aliphatic imine (C=N–C) groups is 1. The van der Waals surface area contributed by atoms with Gasteiger partial charge < -0.3 is 20.3 Å². The van der Waals surface area contributed by atoms with Crippen LogP contribution in [0.3, 0.4) is 0 Å². The van der Waals surface area contributed by atoms with Gasteiger partial charge in [-0.3, -0.25) is 9.79 Å². The molecule has 1 aromatic rings. The van der Waals surface area contributed by atoms with Crippen LogP contribution in [0.25, 0.3) is 0 Å². The third-order valence-corrected chi connectivity index (χ3v) is 5.24. The maximum absolute atomic E-state index is 11.6. The summed E-state index contributed by atoms with van der Waals surface area (Å²) in [4.78, 5) is 18.3. The highest BCUT2D eigenvalue weighted by atomic mass is 16.5. The van der Waals surface area contributed by atoms with Gasteiger partial charge in [-0.2, -0.15) is 0 Å². The third kappa shape index (κ3) is 7.06. The van der Waals surface area contributed by atoms with Gasteiger partial charge in [0.2, 0.25) is 5.91 Å². The van der Waals surface area contributed by atoms with E-state index in [0.717, 1.165) is 56.2 Å². The Hall–Kier alpha value is -2.24. The molecule has 6 heteroatoms. The fraction of sp³-hybridized carbons (Fsp3) is 0.636. The average molecular weight is 389 g/mol. The zero-order valence-electron chi connectivity index (χ0n) is 17.8. The Morgan fingerprint density at radius 3 is 2.64 bits per heavy atom. The standard InChI is InChI=1S/C22H36N4O2/c1-17(2)11-14-28-20-8-6-5-7-19(20)16-25-22(24-4)26-12-9-18(10-13-26)15-21(27)23-3/h5-8,17-18H,9-16H2,1-4H3,(H,23,27)(H,24,25). The van der Waals surface area contributed by atoms with Gasteiger partial charge in [0, 0.05) is 45.7 Å². The number of rotatable bonds is 8. The molecular weight excluding hydrogens is 352 g/mol. The van der Waals surface area contributed by atoms with E-state index in [4.69, 9.17) is 4.74 Å². The summed E-state index contributed by atoms with van der Waals surface area (Å²) in [5.74, 6) is 3.08. The molecule has 1 aliphatic rings. The molecule has 0 radical (unpaired) electrons. The van der Waals surface area contributed by atoms with Crippen LogP contribution >= 0.6 is 0 Å².